The van der Waals surface area contributed by atoms with E-state index in [1.807, 2.05) is 12.4 Å². The van der Waals surface area contributed by atoms with Crippen LogP contribution in [0.1, 0.15) is 31.4 Å². The Morgan fingerprint density at radius 1 is 1.33 bits per heavy atom. The minimum Gasteiger partial charge on any atom is -0.317 e. The summed E-state index contributed by atoms with van der Waals surface area (Å²) in [4.78, 5) is 4.04. The lowest BCUT2D eigenvalue weighted by Crippen LogP contribution is -2.40. The van der Waals surface area contributed by atoms with Crippen LogP contribution in [0.25, 0.3) is 0 Å². The predicted octanol–water partition coefficient (Wildman–Crippen LogP) is 1.48. The summed E-state index contributed by atoms with van der Waals surface area (Å²) in [6, 6.07) is 5.25. The molecule has 1 fully saturated rings. The number of hydrogen-bond acceptors (Lipinski definition) is 3. The van der Waals surface area contributed by atoms with Crippen LogP contribution in [0.5, 0.6) is 0 Å². The Kier molecular flexibility index (Phi) is 3.69. The fraction of sp³-hybridized carbons (Fsp3) is 0.583. The molecule has 2 rings (SSSR count). The van der Waals surface area contributed by atoms with E-state index < -0.39 is 0 Å². The molecule has 0 radical (unpaired) electrons. The maximum absolute atomic E-state index is 4.04. The zero-order valence-electron chi connectivity index (χ0n) is 9.24. The number of piperidine rings is 1. The highest BCUT2D eigenvalue weighted by Gasteiger charge is 2.15. The van der Waals surface area contributed by atoms with E-state index >= 15 is 0 Å². The molecule has 0 bridgehead atoms. The Labute approximate surface area is 91.3 Å². The van der Waals surface area contributed by atoms with Crippen LogP contribution >= 0.6 is 0 Å². The quantitative estimate of drug-likeness (QED) is 0.785. The van der Waals surface area contributed by atoms with E-state index in [0.29, 0.717) is 12.1 Å². The lowest BCUT2D eigenvalue weighted by molar-refractivity contribution is 0.359. The molecule has 1 aliphatic heterocycles. The highest BCUT2D eigenvalue weighted by molar-refractivity contribution is 5.14. The van der Waals surface area contributed by atoms with Crippen LogP contribution in [0.4, 0.5) is 0 Å². The molecule has 1 aliphatic rings. The highest BCUT2D eigenvalue weighted by atomic mass is 15.0. The standard InChI is InChI=1S/C12H19N3/c1-10(11-2-6-13-7-3-11)15-12-4-8-14-9-5-12/h2-3,6-7,10,12,14-15H,4-5,8-9H2,1H3. The van der Waals surface area contributed by atoms with Gasteiger partial charge in [0.05, 0.1) is 0 Å². The van der Waals surface area contributed by atoms with Crippen LogP contribution in [-0.2, 0) is 0 Å². The van der Waals surface area contributed by atoms with Crippen molar-refractivity contribution in [1.82, 2.24) is 15.6 Å². The van der Waals surface area contributed by atoms with Crippen molar-refractivity contribution in [3.8, 4) is 0 Å². The first-order valence-corrected chi connectivity index (χ1v) is 5.73. The van der Waals surface area contributed by atoms with Crippen LogP contribution < -0.4 is 10.6 Å². The normalized spacial score (nSPS) is 20.1. The summed E-state index contributed by atoms with van der Waals surface area (Å²) >= 11 is 0. The molecule has 3 nitrogen and oxygen atoms in total. The molecular weight excluding hydrogens is 186 g/mol. The van der Waals surface area contributed by atoms with E-state index in [2.05, 4.69) is 34.7 Å². The van der Waals surface area contributed by atoms with Gasteiger partial charge in [-0.25, -0.2) is 0 Å². The molecule has 1 unspecified atom stereocenters. The Morgan fingerprint density at radius 2 is 2.00 bits per heavy atom. The number of aromatic nitrogens is 1. The minimum absolute atomic E-state index is 0.427. The van der Waals surface area contributed by atoms with E-state index in [1.165, 1.54) is 18.4 Å². The molecule has 1 aromatic heterocycles. The fourth-order valence-corrected chi connectivity index (χ4v) is 2.09. The molecular formula is C12H19N3. The maximum Gasteiger partial charge on any atom is 0.0295 e. The van der Waals surface area contributed by atoms with Gasteiger partial charge < -0.3 is 10.6 Å². The molecule has 0 amide bonds. The minimum atomic E-state index is 0.427. The van der Waals surface area contributed by atoms with Crippen molar-refractivity contribution in [3.05, 3.63) is 30.1 Å². The van der Waals surface area contributed by atoms with Gasteiger partial charge in [0.25, 0.3) is 0 Å². The average molecular weight is 205 g/mol. The van der Waals surface area contributed by atoms with Crippen molar-refractivity contribution < 1.29 is 0 Å². The van der Waals surface area contributed by atoms with E-state index in [4.69, 9.17) is 0 Å². The molecule has 2 heterocycles. The molecule has 82 valence electrons. The zero-order valence-corrected chi connectivity index (χ0v) is 9.24. The van der Waals surface area contributed by atoms with Crippen LogP contribution in [0, 0.1) is 0 Å². The van der Waals surface area contributed by atoms with Gasteiger partial charge in [0.15, 0.2) is 0 Å². The van der Waals surface area contributed by atoms with Gasteiger partial charge in [-0.05, 0) is 50.6 Å². The smallest absolute Gasteiger partial charge is 0.0295 e. The van der Waals surface area contributed by atoms with E-state index in [1.54, 1.807) is 0 Å². The molecule has 0 spiro atoms. The Bertz CT molecular complexity index is 280. The van der Waals surface area contributed by atoms with Crippen molar-refractivity contribution in [2.24, 2.45) is 0 Å². The van der Waals surface area contributed by atoms with Crippen molar-refractivity contribution in [2.45, 2.75) is 31.8 Å². The molecule has 0 saturated carbocycles. The molecule has 0 aromatic carbocycles. The Balaban J connectivity index is 1.88. The second-order valence-corrected chi connectivity index (χ2v) is 4.19. The SMILES string of the molecule is CC(NC1CCNCC1)c1ccncc1. The second kappa shape index (κ2) is 5.24. The number of rotatable bonds is 3. The summed E-state index contributed by atoms with van der Waals surface area (Å²) in [6.07, 6.45) is 6.18. The number of nitrogens with one attached hydrogen (secondary N) is 2. The van der Waals surface area contributed by atoms with E-state index in [9.17, 15) is 0 Å². The third-order valence-electron chi connectivity index (χ3n) is 3.03. The van der Waals surface area contributed by atoms with Crippen molar-refractivity contribution in [1.29, 1.82) is 0 Å². The number of hydrogen-bond donors (Lipinski definition) is 2. The van der Waals surface area contributed by atoms with E-state index in [0.717, 1.165) is 13.1 Å². The Morgan fingerprint density at radius 3 is 2.67 bits per heavy atom. The third-order valence-corrected chi connectivity index (χ3v) is 3.03. The molecule has 2 N–H and O–H groups in total. The summed E-state index contributed by atoms with van der Waals surface area (Å²) in [6.45, 7) is 4.50. The highest BCUT2D eigenvalue weighted by Crippen LogP contribution is 2.14. The Hall–Kier alpha value is -0.930. The van der Waals surface area contributed by atoms with Crippen LogP contribution in [0.15, 0.2) is 24.5 Å². The van der Waals surface area contributed by atoms with Gasteiger partial charge in [-0.15, -0.1) is 0 Å². The topological polar surface area (TPSA) is 37.0 Å². The van der Waals surface area contributed by atoms with E-state index in [-0.39, 0.29) is 0 Å². The zero-order chi connectivity index (χ0) is 10.5. The number of pyridine rings is 1. The largest absolute Gasteiger partial charge is 0.317 e. The van der Waals surface area contributed by atoms with Crippen molar-refractivity contribution in [3.63, 3.8) is 0 Å². The summed E-state index contributed by atoms with van der Waals surface area (Å²) in [7, 11) is 0. The molecule has 3 heteroatoms. The van der Waals surface area contributed by atoms with Gasteiger partial charge in [-0.2, -0.15) is 0 Å². The molecule has 0 aliphatic carbocycles. The molecule has 15 heavy (non-hydrogen) atoms. The summed E-state index contributed by atoms with van der Waals surface area (Å²) in [5.41, 5.74) is 1.32. The lowest BCUT2D eigenvalue weighted by atomic mass is 10.0. The van der Waals surface area contributed by atoms with Crippen LogP contribution in [0.3, 0.4) is 0 Å². The summed E-state index contributed by atoms with van der Waals surface area (Å²) < 4.78 is 0. The van der Waals surface area contributed by atoms with Crippen molar-refractivity contribution >= 4 is 0 Å². The van der Waals surface area contributed by atoms with Gasteiger partial charge >= 0.3 is 0 Å². The monoisotopic (exact) mass is 205 g/mol. The van der Waals surface area contributed by atoms with Gasteiger partial charge in [0.1, 0.15) is 0 Å². The first-order valence-electron chi connectivity index (χ1n) is 5.73. The average Bonchev–Trinajstić information content (AvgIpc) is 2.31. The fourth-order valence-electron chi connectivity index (χ4n) is 2.09. The van der Waals surface area contributed by atoms with Gasteiger partial charge in [0, 0.05) is 24.5 Å². The lowest BCUT2D eigenvalue weighted by Gasteiger charge is -2.27. The van der Waals surface area contributed by atoms with Gasteiger partial charge in [-0.3, -0.25) is 4.98 Å². The predicted molar refractivity (Wildman–Crippen MR) is 61.7 cm³/mol. The first-order chi connectivity index (χ1) is 7.36. The number of nitrogens with zero attached hydrogens (tertiary/aromatic N) is 1. The first kappa shape index (κ1) is 10.6. The van der Waals surface area contributed by atoms with Crippen LogP contribution in [0.2, 0.25) is 0 Å². The molecule has 1 atom stereocenters. The third kappa shape index (κ3) is 3.01. The van der Waals surface area contributed by atoms with Crippen LogP contribution in [-0.4, -0.2) is 24.1 Å². The van der Waals surface area contributed by atoms with Crippen molar-refractivity contribution in [2.75, 3.05) is 13.1 Å². The van der Waals surface area contributed by atoms with Gasteiger partial charge in [-0.1, -0.05) is 0 Å². The molecule has 1 saturated heterocycles. The summed E-state index contributed by atoms with van der Waals surface area (Å²) in [5, 5.41) is 7.05. The molecule has 1 aromatic rings. The summed E-state index contributed by atoms with van der Waals surface area (Å²) in [5.74, 6) is 0. The van der Waals surface area contributed by atoms with Gasteiger partial charge in [0.2, 0.25) is 0 Å². The maximum atomic E-state index is 4.04. The second-order valence-electron chi connectivity index (χ2n) is 4.19.